The molecule has 4 aromatic rings. The monoisotopic (exact) mass is 443 g/mol. The van der Waals surface area contributed by atoms with Gasteiger partial charge in [0.25, 0.3) is 5.56 Å². The second-order valence-corrected chi connectivity index (χ2v) is 8.80. The zero-order valence-electron chi connectivity index (χ0n) is 18.2. The third-order valence-corrected chi connectivity index (χ3v) is 6.91. The molecule has 2 N–H and O–H groups in total. The van der Waals surface area contributed by atoms with Crippen LogP contribution < -0.4 is 10.5 Å². The molecule has 1 atom stereocenters. The van der Waals surface area contributed by atoms with Crippen molar-refractivity contribution in [2.45, 2.75) is 31.2 Å². The van der Waals surface area contributed by atoms with Crippen molar-refractivity contribution in [3.8, 4) is 11.5 Å². The van der Waals surface area contributed by atoms with E-state index in [1.807, 2.05) is 36.5 Å². The number of tetrazole rings is 1. The molecule has 3 aromatic heterocycles. The van der Waals surface area contributed by atoms with E-state index < -0.39 is 0 Å². The lowest BCUT2D eigenvalue weighted by Gasteiger charge is -2.37. The molecule has 1 aromatic carbocycles. The maximum absolute atomic E-state index is 12.5. The number of nitrogens with one attached hydrogen (secondary N) is 2. The standard InChI is InChI=1S/C23H25N9O/c33-23-18-3-1-2-4-19(18)25-21(26-23)15-7-10-32(14-15)16-8-11-31(12-9-16)17-5-6-20(24-13-17)22-27-29-30-28-22/h1-6,13,15-16H,7-12,14H2,(H,25,26,33)(H,27,28,29,30). The average molecular weight is 444 g/mol. The first-order valence-corrected chi connectivity index (χ1v) is 11.4. The number of H-pyrrole nitrogens is 2. The number of fused-ring (bicyclic) bond motifs is 1. The van der Waals surface area contributed by atoms with Gasteiger partial charge in [-0.05, 0) is 55.3 Å². The molecule has 2 aliphatic heterocycles. The highest BCUT2D eigenvalue weighted by atomic mass is 16.1. The highest BCUT2D eigenvalue weighted by Crippen LogP contribution is 2.30. The minimum absolute atomic E-state index is 0.0404. The average Bonchev–Trinajstić information content (AvgIpc) is 3.57. The van der Waals surface area contributed by atoms with Gasteiger partial charge in [-0.1, -0.05) is 12.1 Å². The van der Waals surface area contributed by atoms with Crippen molar-refractivity contribution in [3.63, 3.8) is 0 Å². The molecule has 0 aliphatic carbocycles. The molecule has 168 valence electrons. The molecule has 6 rings (SSSR count). The SMILES string of the molecule is O=c1[nH]c(C2CCN(C3CCN(c4ccc(-c5nn[nH]n5)nc4)CC3)C2)nc2ccccc12. The van der Waals surface area contributed by atoms with Crippen molar-refractivity contribution in [1.29, 1.82) is 0 Å². The number of likely N-dealkylation sites (tertiary alicyclic amines) is 1. The largest absolute Gasteiger partial charge is 0.370 e. The van der Waals surface area contributed by atoms with Crippen molar-refractivity contribution in [2.24, 2.45) is 0 Å². The summed E-state index contributed by atoms with van der Waals surface area (Å²) >= 11 is 0. The van der Waals surface area contributed by atoms with E-state index in [1.165, 1.54) is 0 Å². The number of anilines is 1. The molecule has 0 saturated carbocycles. The lowest BCUT2D eigenvalue weighted by molar-refractivity contribution is 0.205. The fraction of sp³-hybridized carbons (Fsp3) is 0.391. The topological polar surface area (TPSA) is 120 Å². The van der Waals surface area contributed by atoms with Crippen molar-refractivity contribution in [3.05, 3.63) is 58.8 Å². The first kappa shape index (κ1) is 20.0. The highest BCUT2D eigenvalue weighted by Gasteiger charge is 2.32. The van der Waals surface area contributed by atoms with Crippen LogP contribution >= 0.6 is 0 Å². The number of para-hydroxylation sites is 1. The molecule has 5 heterocycles. The summed E-state index contributed by atoms with van der Waals surface area (Å²) in [6.07, 6.45) is 5.14. The van der Waals surface area contributed by atoms with Crippen LogP contribution in [0.4, 0.5) is 5.69 Å². The fourth-order valence-corrected chi connectivity index (χ4v) is 5.10. The molecule has 2 saturated heterocycles. The minimum atomic E-state index is -0.0404. The number of benzene rings is 1. The number of nitrogens with zero attached hydrogens (tertiary/aromatic N) is 7. The van der Waals surface area contributed by atoms with E-state index in [2.05, 4.69) is 46.5 Å². The van der Waals surface area contributed by atoms with E-state index in [9.17, 15) is 4.79 Å². The van der Waals surface area contributed by atoms with Crippen molar-refractivity contribution >= 4 is 16.6 Å². The van der Waals surface area contributed by atoms with E-state index in [0.29, 0.717) is 22.9 Å². The third-order valence-electron chi connectivity index (χ3n) is 6.91. The Kier molecular flexibility index (Phi) is 5.06. The molecule has 2 fully saturated rings. The number of aromatic amines is 2. The van der Waals surface area contributed by atoms with Gasteiger partial charge in [-0.25, -0.2) is 4.98 Å². The van der Waals surface area contributed by atoms with Crippen LogP contribution in [-0.2, 0) is 0 Å². The smallest absolute Gasteiger partial charge is 0.258 e. The van der Waals surface area contributed by atoms with E-state index in [-0.39, 0.29) is 11.5 Å². The van der Waals surface area contributed by atoms with Gasteiger partial charge in [0.1, 0.15) is 11.5 Å². The lowest BCUT2D eigenvalue weighted by Crippen LogP contribution is -2.44. The van der Waals surface area contributed by atoms with E-state index in [1.54, 1.807) is 0 Å². The van der Waals surface area contributed by atoms with Gasteiger partial charge in [0, 0.05) is 31.6 Å². The predicted octanol–water partition coefficient (Wildman–Crippen LogP) is 1.96. The molecule has 1 unspecified atom stereocenters. The molecule has 0 radical (unpaired) electrons. The Morgan fingerprint density at radius 1 is 1.00 bits per heavy atom. The molecular formula is C23H25N9O. The quantitative estimate of drug-likeness (QED) is 0.491. The first-order chi connectivity index (χ1) is 16.2. The zero-order valence-corrected chi connectivity index (χ0v) is 18.2. The van der Waals surface area contributed by atoms with Gasteiger partial charge in [0.05, 0.1) is 22.8 Å². The second kappa shape index (κ2) is 8.36. The molecule has 0 spiro atoms. The van der Waals surface area contributed by atoms with Gasteiger partial charge < -0.3 is 9.88 Å². The molecule has 2 aliphatic rings. The number of hydrogen-bond acceptors (Lipinski definition) is 8. The lowest BCUT2D eigenvalue weighted by atomic mass is 10.0. The summed E-state index contributed by atoms with van der Waals surface area (Å²) in [7, 11) is 0. The Morgan fingerprint density at radius 2 is 1.88 bits per heavy atom. The highest BCUT2D eigenvalue weighted by molar-refractivity contribution is 5.77. The van der Waals surface area contributed by atoms with Crippen molar-refractivity contribution in [2.75, 3.05) is 31.1 Å². The summed E-state index contributed by atoms with van der Waals surface area (Å²) < 4.78 is 0. The van der Waals surface area contributed by atoms with Crippen molar-refractivity contribution < 1.29 is 0 Å². The second-order valence-electron chi connectivity index (χ2n) is 8.80. The molecule has 0 amide bonds. The summed E-state index contributed by atoms with van der Waals surface area (Å²) in [4.78, 5) is 29.7. The Morgan fingerprint density at radius 3 is 2.67 bits per heavy atom. The number of hydrogen-bond donors (Lipinski definition) is 2. The Hall–Kier alpha value is -3.66. The zero-order chi connectivity index (χ0) is 22.2. The summed E-state index contributed by atoms with van der Waals surface area (Å²) in [5, 5.41) is 14.7. The first-order valence-electron chi connectivity index (χ1n) is 11.4. The Bertz CT molecular complexity index is 1290. The molecule has 10 nitrogen and oxygen atoms in total. The molecule has 0 bridgehead atoms. The van der Waals surface area contributed by atoms with E-state index in [0.717, 1.165) is 62.5 Å². The van der Waals surface area contributed by atoms with E-state index in [4.69, 9.17) is 4.98 Å². The molecule has 10 heteroatoms. The van der Waals surface area contributed by atoms with Gasteiger partial charge in [0.2, 0.25) is 5.82 Å². The summed E-state index contributed by atoms with van der Waals surface area (Å²) in [5.41, 5.74) is 2.58. The van der Waals surface area contributed by atoms with Crippen molar-refractivity contribution in [1.82, 2.24) is 40.5 Å². The van der Waals surface area contributed by atoms with Crippen LogP contribution in [0.3, 0.4) is 0 Å². The molecular weight excluding hydrogens is 418 g/mol. The normalized spacial score (nSPS) is 20.0. The maximum Gasteiger partial charge on any atom is 0.258 e. The van der Waals surface area contributed by atoms with Crippen LogP contribution in [0.1, 0.15) is 31.0 Å². The minimum Gasteiger partial charge on any atom is -0.370 e. The van der Waals surface area contributed by atoms with Crippen LogP contribution in [0.25, 0.3) is 22.4 Å². The predicted molar refractivity (Wildman–Crippen MR) is 124 cm³/mol. The summed E-state index contributed by atoms with van der Waals surface area (Å²) in [6, 6.07) is 12.1. The fourth-order valence-electron chi connectivity index (χ4n) is 5.10. The van der Waals surface area contributed by atoms with Crippen LogP contribution in [0.15, 0.2) is 47.4 Å². The van der Waals surface area contributed by atoms with E-state index >= 15 is 0 Å². The van der Waals surface area contributed by atoms with Gasteiger partial charge >= 0.3 is 0 Å². The number of rotatable bonds is 4. The van der Waals surface area contributed by atoms with Crippen LogP contribution in [0.2, 0.25) is 0 Å². The number of pyridine rings is 1. The van der Waals surface area contributed by atoms with Gasteiger partial charge in [0.15, 0.2) is 0 Å². The summed E-state index contributed by atoms with van der Waals surface area (Å²) in [5.74, 6) is 1.61. The molecule has 33 heavy (non-hydrogen) atoms. The van der Waals surface area contributed by atoms with Gasteiger partial charge in [-0.15, -0.1) is 10.2 Å². The Labute approximate surface area is 190 Å². The van der Waals surface area contributed by atoms with Crippen LogP contribution in [-0.4, -0.2) is 72.7 Å². The number of piperidine rings is 1. The third kappa shape index (κ3) is 3.86. The van der Waals surface area contributed by atoms with Gasteiger partial charge in [-0.2, -0.15) is 5.21 Å². The van der Waals surface area contributed by atoms with Gasteiger partial charge in [-0.3, -0.25) is 14.7 Å². The van der Waals surface area contributed by atoms with Crippen LogP contribution in [0, 0.1) is 0 Å². The summed E-state index contributed by atoms with van der Waals surface area (Å²) in [6.45, 7) is 4.00. The van der Waals surface area contributed by atoms with Crippen LogP contribution in [0.5, 0.6) is 0 Å². The Balaban J connectivity index is 1.08. The maximum atomic E-state index is 12.5. The number of aromatic nitrogens is 7.